The summed E-state index contributed by atoms with van der Waals surface area (Å²) in [6.07, 6.45) is 0.606. The molecule has 0 aliphatic carbocycles. The number of nitrogens with zero attached hydrogens (tertiary/aromatic N) is 1. The Bertz CT molecular complexity index is 365. The van der Waals surface area contributed by atoms with E-state index in [2.05, 4.69) is 25.2 Å². The molecular weight excluding hydrogens is 212 g/mol. The third kappa shape index (κ3) is 4.99. The van der Waals surface area contributed by atoms with Crippen LogP contribution in [0.3, 0.4) is 0 Å². The lowest BCUT2D eigenvalue weighted by Crippen LogP contribution is -2.23. The molecule has 0 amide bonds. The highest BCUT2D eigenvalue weighted by atomic mass is 16.3. The fraction of sp³-hybridized carbons (Fsp3) is 0.500. The summed E-state index contributed by atoms with van der Waals surface area (Å²) < 4.78 is 0. The summed E-state index contributed by atoms with van der Waals surface area (Å²) in [6.45, 7) is 5.83. The molecule has 0 fully saturated rings. The molecule has 0 bridgehead atoms. The third-order valence-electron chi connectivity index (χ3n) is 2.66. The smallest absolute Gasteiger partial charge is 0.0991 e. The lowest BCUT2D eigenvalue weighted by Gasteiger charge is -2.13. The molecule has 1 rings (SSSR count). The van der Waals surface area contributed by atoms with Crippen molar-refractivity contribution in [1.82, 2.24) is 5.32 Å². The monoisotopic (exact) mass is 232 g/mol. The third-order valence-corrected chi connectivity index (χ3v) is 2.66. The molecule has 92 valence electrons. The van der Waals surface area contributed by atoms with Crippen LogP contribution in [0.1, 0.15) is 37.5 Å². The SMILES string of the molecule is CC(C)CCNCC(O)c1ccc(C#N)cc1. The standard InChI is InChI=1S/C14H20N2O/c1-11(2)7-8-16-10-14(17)13-5-3-12(9-15)4-6-13/h3-6,11,14,16-17H,7-8,10H2,1-2H3. The minimum absolute atomic E-state index is 0.505. The highest BCUT2D eigenvalue weighted by molar-refractivity contribution is 5.32. The fourth-order valence-electron chi connectivity index (χ4n) is 1.53. The Morgan fingerprint density at radius 3 is 2.47 bits per heavy atom. The zero-order chi connectivity index (χ0) is 12.7. The van der Waals surface area contributed by atoms with Crippen molar-refractivity contribution >= 4 is 0 Å². The van der Waals surface area contributed by atoms with E-state index >= 15 is 0 Å². The second kappa shape index (κ2) is 7.05. The lowest BCUT2D eigenvalue weighted by molar-refractivity contribution is 0.174. The van der Waals surface area contributed by atoms with E-state index in [0.29, 0.717) is 18.0 Å². The van der Waals surface area contributed by atoms with E-state index in [9.17, 15) is 5.11 Å². The van der Waals surface area contributed by atoms with Crippen LogP contribution in [-0.4, -0.2) is 18.2 Å². The van der Waals surface area contributed by atoms with Crippen molar-refractivity contribution in [2.45, 2.75) is 26.4 Å². The summed E-state index contributed by atoms with van der Waals surface area (Å²) in [6, 6.07) is 9.12. The molecule has 0 heterocycles. The predicted molar refractivity (Wildman–Crippen MR) is 68.4 cm³/mol. The Balaban J connectivity index is 2.36. The van der Waals surface area contributed by atoms with Gasteiger partial charge in [-0.25, -0.2) is 0 Å². The average Bonchev–Trinajstić information content (AvgIpc) is 2.34. The number of aliphatic hydroxyl groups is 1. The summed E-state index contributed by atoms with van der Waals surface area (Å²) in [5.41, 5.74) is 1.47. The van der Waals surface area contributed by atoms with Crippen LogP contribution in [-0.2, 0) is 0 Å². The number of benzene rings is 1. The van der Waals surface area contributed by atoms with Gasteiger partial charge in [0.05, 0.1) is 17.7 Å². The van der Waals surface area contributed by atoms with Crippen molar-refractivity contribution in [3.8, 4) is 6.07 Å². The van der Waals surface area contributed by atoms with Gasteiger partial charge in [0, 0.05) is 6.54 Å². The Morgan fingerprint density at radius 1 is 1.29 bits per heavy atom. The quantitative estimate of drug-likeness (QED) is 0.739. The van der Waals surface area contributed by atoms with Crippen LogP contribution in [0.15, 0.2) is 24.3 Å². The Hall–Kier alpha value is -1.37. The average molecular weight is 232 g/mol. The molecular formula is C14H20N2O. The van der Waals surface area contributed by atoms with Crippen molar-refractivity contribution in [2.24, 2.45) is 5.92 Å². The number of rotatable bonds is 6. The molecule has 2 N–H and O–H groups in total. The van der Waals surface area contributed by atoms with Gasteiger partial charge in [-0.2, -0.15) is 5.26 Å². The Morgan fingerprint density at radius 2 is 1.94 bits per heavy atom. The van der Waals surface area contributed by atoms with Gasteiger partial charge in [-0.05, 0) is 36.6 Å². The molecule has 3 heteroatoms. The van der Waals surface area contributed by atoms with Gasteiger partial charge >= 0.3 is 0 Å². The van der Waals surface area contributed by atoms with E-state index in [1.807, 2.05) is 0 Å². The van der Waals surface area contributed by atoms with Gasteiger partial charge in [-0.3, -0.25) is 0 Å². The molecule has 1 unspecified atom stereocenters. The van der Waals surface area contributed by atoms with Crippen LogP contribution < -0.4 is 5.32 Å². The molecule has 1 aromatic carbocycles. The number of hydrogen-bond donors (Lipinski definition) is 2. The summed E-state index contributed by atoms with van der Waals surface area (Å²) in [4.78, 5) is 0. The van der Waals surface area contributed by atoms with E-state index in [-0.39, 0.29) is 0 Å². The number of hydrogen-bond acceptors (Lipinski definition) is 3. The fourth-order valence-corrected chi connectivity index (χ4v) is 1.53. The van der Waals surface area contributed by atoms with Crippen LogP contribution in [0.25, 0.3) is 0 Å². The second-order valence-corrected chi connectivity index (χ2v) is 4.64. The van der Waals surface area contributed by atoms with E-state index in [4.69, 9.17) is 5.26 Å². The van der Waals surface area contributed by atoms with Crippen LogP contribution in [0.2, 0.25) is 0 Å². The highest BCUT2D eigenvalue weighted by Crippen LogP contribution is 2.12. The first kappa shape index (κ1) is 13.7. The molecule has 0 saturated carbocycles. The maximum atomic E-state index is 9.90. The molecule has 0 saturated heterocycles. The second-order valence-electron chi connectivity index (χ2n) is 4.64. The summed E-state index contributed by atoms with van der Waals surface area (Å²) >= 11 is 0. The zero-order valence-electron chi connectivity index (χ0n) is 10.5. The molecule has 17 heavy (non-hydrogen) atoms. The summed E-state index contributed by atoms with van der Waals surface area (Å²) in [7, 11) is 0. The van der Waals surface area contributed by atoms with E-state index in [0.717, 1.165) is 18.5 Å². The molecule has 0 aliphatic rings. The molecule has 3 nitrogen and oxygen atoms in total. The van der Waals surface area contributed by atoms with E-state index in [1.165, 1.54) is 0 Å². The van der Waals surface area contributed by atoms with Gasteiger partial charge in [-0.1, -0.05) is 26.0 Å². The maximum absolute atomic E-state index is 9.90. The first-order valence-corrected chi connectivity index (χ1v) is 6.02. The van der Waals surface area contributed by atoms with Gasteiger partial charge in [0.2, 0.25) is 0 Å². The van der Waals surface area contributed by atoms with Gasteiger partial charge in [0.15, 0.2) is 0 Å². The first-order valence-electron chi connectivity index (χ1n) is 6.02. The van der Waals surface area contributed by atoms with Gasteiger partial charge in [0.1, 0.15) is 0 Å². The Kier molecular flexibility index (Phi) is 5.68. The normalized spacial score (nSPS) is 12.4. The maximum Gasteiger partial charge on any atom is 0.0991 e. The molecule has 0 radical (unpaired) electrons. The largest absolute Gasteiger partial charge is 0.387 e. The predicted octanol–water partition coefficient (Wildman–Crippen LogP) is 2.23. The minimum atomic E-state index is -0.505. The summed E-state index contributed by atoms with van der Waals surface area (Å²) in [5.74, 6) is 0.676. The molecule has 1 aromatic rings. The van der Waals surface area contributed by atoms with Gasteiger partial charge in [0.25, 0.3) is 0 Å². The topological polar surface area (TPSA) is 56.0 Å². The Labute approximate surface area is 103 Å². The lowest BCUT2D eigenvalue weighted by atomic mass is 10.1. The first-order chi connectivity index (χ1) is 8.13. The highest BCUT2D eigenvalue weighted by Gasteiger charge is 2.06. The van der Waals surface area contributed by atoms with Crippen molar-refractivity contribution in [2.75, 3.05) is 13.1 Å². The van der Waals surface area contributed by atoms with Crippen LogP contribution in [0, 0.1) is 17.2 Å². The van der Waals surface area contributed by atoms with E-state index in [1.54, 1.807) is 24.3 Å². The van der Waals surface area contributed by atoms with Crippen LogP contribution in [0.4, 0.5) is 0 Å². The summed E-state index contributed by atoms with van der Waals surface area (Å²) in [5, 5.41) is 21.8. The van der Waals surface area contributed by atoms with Crippen LogP contribution in [0.5, 0.6) is 0 Å². The molecule has 0 aromatic heterocycles. The van der Waals surface area contributed by atoms with Crippen molar-refractivity contribution in [1.29, 1.82) is 5.26 Å². The number of aliphatic hydroxyl groups excluding tert-OH is 1. The van der Waals surface area contributed by atoms with Crippen LogP contribution >= 0.6 is 0 Å². The van der Waals surface area contributed by atoms with E-state index < -0.39 is 6.10 Å². The van der Waals surface area contributed by atoms with Gasteiger partial charge < -0.3 is 10.4 Å². The molecule has 0 spiro atoms. The minimum Gasteiger partial charge on any atom is -0.387 e. The van der Waals surface area contributed by atoms with Crippen molar-refractivity contribution < 1.29 is 5.11 Å². The number of nitriles is 1. The zero-order valence-corrected chi connectivity index (χ0v) is 10.5. The van der Waals surface area contributed by atoms with Crippen molar-refractivity contribution in [3.63, 3.8) is 0 Å². The van der Waals surface area contributed by atoms with Gasteiger partial charge in [-0.15, -0.1) is 0 Å². The number of nitrogens with one attached hydrogen (secondary N) is 1. The molecule has 1 atom stereocenters. The van der Waals surface area contributed by atoms with Crippen molar-refractivity contribution in [3.05, 3.63) is 35.4 Å². The molecule has 0 aliphatic heterocycles.